The van der Waals surface area contributed by atoms with Crippen molar-refractivity contribution in [3.8, 4) is 0 Å². The van der Waals surface area contributed by atoms with Crippen LogP contribution in [0.25, 0.3) is 0 Å². The van der Waals surface area contributed by atoms with Crippen molar-refractivity contribution in [2.24, 2.45) is 0 Å². The lowest BCUT2D eigenvalue weighted by atomic mass is 10.1. The molecule has 0 fully saturated rings. The first kappa shape index (κ1) is 13.0. The minimum atomic E-state index is -1.35. The van der Waals surface area contributed by atoms with Gasteiger partial charge in [0.25, 0.3) is 0 Å². The van der Waals surface area contributed by atoms with Crippen LogP contribution in [0.1, 0.15) is 31.1 Å². The summed E-state index contributed by atoms with van der Waals surface area (Å²) in [5.74, 6) is -0.207. The highest BCUT2D eigenvalue weighted by atomic mass is 32.2. The Bertz CT molecular complexity index is 551. The Kier molecular flexibility index (Phi) is 3.34. The van der Waals surface area contributed by atoms with Crippen molar-refractivity contribution in [2.45, 2.75) is 31.7 Å². The van der Waals surface area contributed by atoms with Gasteiger partial charge < -0.3 is 4.90 Å². The van der Waals surface area contributed by atoms with Gasteiger partial charge in [0.2, 0.25) is 5.91 Å². The molecule has 0 radical (unpaired) electrons. The number of benzene rings is 1. The summed E-state index contributed by atoms with van der Waals surface area (Å²) in [5.41, 5.74) is 1.18. The molecular weight excluding hydrogens is 250 g/mol. The van der Waals surface area contributed by atoms with Crippen LogP contribution in [0.5, 0.6) is 0 Å². The normalized spacial score (nSPS) is 19.0. The molecule has 1 heterocycles. The predicted molar refractivity (Wildman–Crippen MR) is 70.3 cm³/mol. The Morgan fingerprint density at radius 3 is 2.61 bits per heavy atom. The molecule has 5 heteroatoms. The summed E-state index contributed by atoms with van der Waals surface area (Å²) >= 11 is 0. The smallest absolute Gasteiger partial charge is 0.240 e. The lowest BCUT2D eigenvalue weighted by molar-refractivity contribution is -0.116. The zero-order valence-corrected chi connectivity index (χ0v) is 11.4. The Morgan fingerprint density at radius 2 is 2.06 bits per heavy atom. The predicted octanol–water partition coefficient (Wildman–Crippen LogP) is 1.75. The number of carbonyl (C=O) groups is 2. The largest absolute Gasteiger partial charge is 0.308 e. The van der Waals surface area contributed by atoms with Crippen molar-refractivity contribution in [3.63, 3.8) is 0 Å². The van der Waals surface area contributed by atoms with Crippen LogP contribution in [0.3, 0.4) is 0 Å². The average molecular weight is 265 g/mol. The van der Waals surface area contributed by atoms with Crippen molar-refractivity contribution >= 4 is 28.2 Å². The second kappa shape index (κ2) is 4.65. The number of nitrogens with zero attached hydrogens (tertiary/aromatic N) is 1. The molecule has 1 aliphatic heterocycles. The lowest BCUT2D eigenvalue weighted by Gasteiger charge is -2.32. The van der Waals surface area contributed by atoms with E-state index in [2.05, 4.69) is 0 Å². The number of fused-ring (bicyclic) bond motifs is 1. The fraction of sp³-hybridized carbons (Fsp3) is 0.385. The first-order valence-electron chi connectivity index (χ1n) is 5.77. The molecule has 1 aliphatic rings. The molecule has 4 nitrogen and oxygen atoms in total. The Morgan fingerprint density at radius 1 is 1.39 bits per heavy atom. The molecule has 0 spiro atoms. The molecule has 0 bridgehead atoms. The zero-order valence-electron chi connectivity index (χ0n) is 10.6. The Balaban J connectivity index is 2.59. The van der Waals surface area contributed by atoms with Gasteiger partial charge in [0, 0.05) is 11.6 Å². The van der Waals surface area contributed by atoms with E-state index in [4.69, 9.17) is 0 Å². The van der Waals surface area contributed by atoms with Crippen molar-refractivity contribution < 1.29 is 13.8 Å². The first-order valence-corrected chi connectivity index (χ1v) is 7.09. The molecule has 1 unspecified atom stereocenters. The van der Waals surface area contributed by atoms with Gasteiger partial charge in [0.15, 0.2) is 5.78 Å². The molecular formula is C13H15NO3S. The Hall–Kier alpha value is -1.49. The van der Waals surface area contributed by atoms with Crippen molar-refractivity contribution in [2.75, 3.05) is 10.7 Å². The molecule has 2 rings (SSSR count). The summed E-state index contributed by atoms with van der Waals surface area (Å²) in [4.78, 5) is 25.5. The van der Waals surface area contributed by atoms with Crippen LogP contribution >= 0.6 is 0 Å². The highest BCUT2D eigenvalue weighted by Gasteiger charge is 2.31. The molecule has 0 N–H and O–H groups in total. The van der Waals surface area contributed by atoms with Gasteiger partial charge in [-0.05, 0) is 39.0 Å². The molecule has 0 aromatic heterocycles. The maximum absolute atomic E-state index is 12.0. The standard InChI is InChI=1S/C13H15NO3S/c1-8(2)14-11-5-4-10(9(3)15)6-12(11)18(17)7-13(14)16/h4-6,8H,7H2,1-3H3. The van der Waals surface area contributed by atoms with E-state index in [1.165, 1.54) is 6.92 Å². The molecule has 1 amide bonds. The van der Waals surface area contributed by atoms with Gasteiger partial charge in [-0.15, -0.1) is 0 Å². The third-order valence-corrected chi connectivity index (χ3v) is 4.24. The van der Waals surface area contributed by atoms with E-state index in [0.29, 0.717) is 16.1 Å². The average Bonchev–Trinajstić information content (AvgIpc) is 2.27. The van der Waals surface area contributed by atoms with Crippen LogP contribution in [-0.4, -0.2) is 27.7 Å². The third-order valence-electron chi connectivity index (χ3n) is 2.91. The van der Waals surface area contributed by atoms with Gasteiger partial charge in [-0.25, -0.2) is 0 Å². The summed E-state index contributed by atoms with van der Waals surface area (Å²) in [6.45, 7) is 5.29. The number of hydrogen-bond acceptors (Lipinski definition) is 3. The van der Waals surface area contributed by atoms with Gasteiger partial charge in [0.05, 0.1) is 21.4 Å². The van der Waals surface area contributed by atoms with Crippen LogP contribution in [0.15, 0.2) is 23.1 Å². The highest BCUT2D eigenvalue weighted by molar-refractivity contribution is 7.86. The number of ketones is 1. The molecule has 18 heavy (non-hydrogen) atoms. The summed E-state index contributed by atoms with van der Waals surface area (Å²) < 4.78 is 12.0. The monoisotopic (exact) mass is 265 g/mol. The van der Waals surface area contributed by atoms with Crippen LogP contribution in [-0.2, 0) is 15.6 Å². The first-order chi connectivity index (χ1) is 8.41. The minimum Gasteiger partial charge on any atom is -0.308 e. The van der Waals surface area contributed by atoms with Gasteiger partial charge in [-0.3, -0.25) is 13.8 Å². The number of hydrogen-bond donors (Lipinski definition) is 0. The molecule has 0 saturated heterocycles. The maximum Gasteiger partial charge on any atom is 0.240 e. The van der Waals surface area contributed by atoms with Crippen LogP contribution < -0.4 is 4.90 Å². The molecule has 1 aromatic rings. The van der Waals surface area contributed by atoms with Crippen LogP contribution in [0.4, 0.5) is 5.69 Å². The molecule has 0 aliphatic carbocycles. The minimum absolute atomic E-state index is 0.00740. The second-order valence-electron chi connectivity index (χ2n) is 4.59. The van der Waals surface area contributed by atoms with Crippen molar-refractivity contribution in [1.82, 2.24) is 0 Å². The SMILES string of the molecule is CC(=O)c1ccc2c(c1)S(=O)CC(=O)N2C(C)C. The topological polar surface area (TPSA) is 54.5 Å². The van der Waals surface area contributed by atoms with E-state index < -0.39 is 10.8 Å². The molecule has 1 atom stereocenters. The quantitative estimate of drug-likeness (QED) is 0.765. The lowest BCUT2D eigenvalue weighted by Crippen LogP contribution is -2.43. The van der Waals surface area contributed by atoms with Gasteiger partial charge in [0.1, 0.15) is 5.75 Å². The number of carbonyl (C=O) groups excluding carboxylic acids is 2. The maximum atomic E-state index is 12.0. The molecule has 1 aromatic carbocycles. The van der Waals surface area contributed by atoms with E-state index >= 15 is 0 Å². The van der Waals surface area contributed by atoms with Crippen LogP contribution in [0, 0.1) is 0 Å². The zero-order chi connectivity index (χ0) is 13.4. The summed E-state index contributed by atoms with van der Waals surface area (Å²) in [6, 6.07) is 5.03. The number of amides is 1. The van der Waals surface area contributed by atoms with Crippen molar-refractivity contribution in [1.29, 1.82) is 0 Å². The summed E-state index contributed by atoms with van der Waals surface area (Å²) in [5, 5.41) is 0. The fourth-order valence-corrected chi connectivity index (χ4v) is 3.25. The van der Waals surface area contributed by atoms with Gasteiger partial charge in [-0.2, -0.15) is 0 Å². The van der Waals surface area contributed by atoms with E-state index in [0.717, 1.165) is 0 Å². The second-order valence-corrected chi connectivity index (χ2v) is 6.01. The highest BCUT2D eigenvalue weighted by Crippen LogP contribution is 2.31. The van der Waals surface area contributed by atoms with Crippen molar-refractivity contribution in [3.05, 3.63) is 23.8 Å². The van der Waals surface area contributed by atoms with E-state index in [1.807, 2.05) is 13.8 Å². The van der Waals surface area contributed by atoms with Crippen LogP contribution in [0.2, 0.25) is 0 Å². The van der Waals surface area contributed by atoms with Gasteiger partial charge >= 0.3 is 0 Å². The summed E-state index contributed by atoms with van der Waals surface area (Å²) in [7, 11) is -1.35. The van der Waals surface area contributed by atoms with E-state index in [9.17, 15) is 13.8 Å². The van der Waals surface area contributed by atoms with E-state index in [-0.39, 0.29) is 23.5 Å². The van der Waals surface area contributed by atoms with Gasteiger partial charge in [-0.1, -0.05) is 0 Å². The number of anilines is 1. The third kappa shape index (κ3) is 2.10. The summed E-state index contributed by atoms with van der Waals surface area (Å²) in [6.07, 6.45) is 0. The number of Topliss-reactive ketones (excluding diaryl/α,β-unsaturated/α-hetero) is 1. The fourth-order valence-electron chi connectivity index (χ4n) is 2.07. The Labute approximate surface area is 108 Å². The molecule has 96 valence electrons. The number of rotatable bonds is 2. The van der Waals surface area contributed by atoms with E-state index in [1.54, 1.807) is 23.1 Å². The molecule has 0 saturated carbocycles.